The molecule has 0 spiro atoms. The molecule has 35 heavy (non-hydrogen) atoms. The molecule has 0 unspecified atom stereocenters. The second-order valence-electron chi connectivity index (χ2n) is 8.19. The minimum absolute atomic E-state index is 0.0156. The zero-order valence-corrected chi connectivity index (χ0v) is 18.3. The average Bonchev–Trinajstić information content (AvgIpc) is 3.54. The summed E-state index contributed by atoms with van der Waals surface area (Å²) in [6, 6.07) is 9.86. The van der Waals surface area contributed by atoms with Gasteiger partial charge in [0.1, 0.15) is 11.5 Å². The highest BCUT2D eigenvalue weighted by molar-refractivity contribution is 5.93. The Balaban J connectivity index is 1.66. The molecule has 2 N–H and O–H groups in total. The van der Waals surface area contributed by atoms with Crippen LogP contribution < -0.4 is 10.1 Å². The summed E-state index contributed by atoms with van der Waals surface area (Å²) in [5, 5.41) is 15.7. The summed E-state index contributed by atoms with van der Waals surface area (Å²) in [4.78, 5) is 24.4. The highest BCUT2D eigenvalue weighted by atomic mass is 19.4. The monoisotopic (exact) mass is 491 g/mol. The molecule has 11 heteroatoms. The number of nitrogens with one attached hydrogen (secondary N) is 1. The number of ether oxygens (including phenoxy) is 1. The van der Waals surface area contributed by atoms with E-state index in [1.165, 1.54) is 36.4 Å². The number of carbonyl (C=O) groups is 2. The van der Waals surface area contributed by atoms with E-state index in [2.05, 4.69) is 10.4 Å². The quantitative estimate of drug-likeness (QED) is 0.421. The number of para-hydroxylation sites is 1. The van der Waals surface area contributed by atoms with Crippen LogP contribution in [0.3, 0.4) is 0 Å². The zero-order valence-electron chi connectivity index (χ0n) is 18.3. The molecular weight excluding hydrogens is 470 g/mol. The van der Waals surface area contributed by atoms with Gasteiger partial charge in [-0.25, -0.2) is 4.39 Å². The first-order valence-electron chi connectivity index (χ1n) is 10.8. The van der Waals surface area contributed by atoms with Crippen molar-refractivity contribution < 1.29 is 37.0 Å². The Bertz CT molecular complexity index is 1240. The van der Waals surface area contributed by atoms with E-state index in [9.17, 15) is 32.3 Å². The highest BCUT2D eigenvalue weighted by Crippen LogP contribution is 2.36. The standard InChI is InChI=1S/C24H21F4N3O4/c25-17-7-3-4-8-20(17)31-21(35-13-14-9-10-14)11-19(30-31)23(34)29-18(12-22(32)33)15-5-1-2-6-16(15)24(26,27)28/h1-8,11,14,18H,9-10,12-13H2,(H,29,34)(H,32,33)/t18-/m0/s1. The van der Waals surface area contributed by atoms with Crippen molar-refractivity contribution in [3.05, 3.63) is 77.2 Å². The van der Waals surface area contributed by atoms with Gasteiger partial charge in [-0.2, -0.15) is 23.0 Å². The van der Waals surface area contributed by atoms with Crippen molar-refractivity contribution in [1.29, 1.82) is 0 Å². The number of nitrogens with zero attached hydrogens (tertiary/aromatic N) is 2. The number of halogens is 4. The first-order valence-corrected chi connectivity index (χ1v) is 10.8. The van der Waals surface area contributed by atoms with E-state index < -0.39 is 47.5 Å². The van der Waals surface area contributed by atoms with Gasteiger partial charge in [0.05, 0.1) is 24.6 Å². The lowest BCUT2D eigenvalue weighted by Crippen LogP contribution is -2.32. The van der Waals surface area contributed by atoms with Crippen LogP contribution >= 0.6 is 0 Å². The lowest BCUT2D eigenvalue weighted by Gasteiger charge is -2.21. The van der Waals surface area contributed by atoms with Crippen molar-refractivity contribution in [2.24, 2.45) is 5.92 Å². The minimum atomic E-state index is -4.76. The number of aliphatic carboxylic acids is 1. The zero-order chi connectivity index (χ0) is 25.2. The minimum Gasteiger partial charge on any atom is -0.481 e. The van der Waals surface area contributed by atoms with Gasteiger partial charge < -0.3 is 15.2 Å². The molecule has 7 nitrogen and oxygen atoms in total. The Morgan fingerprint density at radius 3 is 2.49 bits per heavy atom. The molecule has 0 saturated heterocycles. The Kier molecular flexibility index (Phi) is 6.77. The number of carbonyl (C=O) groups excluding carboxylic acids is 1. The van der Waals surface area contributed by atoms with Crippen LogP contribution in [0.25, 0.3) is 5.69 Å². The molecule has 0 radical (unpaired) electrons. The topological polar surface area (TPSA) is 93.5 Å². The molecule has 1 aromatic heterocycles. The molecule has 0 bridgehead atoms. The Labute approximate surface area is 197 Å². The molecule has 184 valence electrons. The fraction of sp³-hybridized carbons (Fsp3) is 0.292. The van der Waals surface area contributed by atoms with Gasteiger partial charge in [0, 0.05) is 6.07 Å². The number of alkyl halides is 3. The summed E-state index contributed by atoms with van der Waals surface area (Å²) >= 11 is 0. The van der Waals surface area contributed by atoms with Crippen LogP contribution in [0.2, 0.25) is 0 Å². The number of aromatic nitrogens is 2. The van der Waals surface area contributed by atoms with Crippen LogP contribution in [0.5, 0.6) is 5.88 Å². The SMILES string of the molecule is O=C(O)C[C@H](NC(=O)c1cc(OCC2CC2)n(-c2ccccc2F)n1)c1ccccc1C(F)(F)F. The van der Waals surface area contributed by atoms with E-state index in [1.807, 2.05) is 0 Å². The van der Waals surface area contributed by atoms with Gasteiger partial charge in [0.15, 0.2) is 5.69 Å². The second-order valence-corrected chi connectivity index (χ2v) is 8.19. The summed E-state index contributed by atoms with van der Waals surface area (Å²) in [5.41, 5.74) is -1.70. The number of hydrogen-bond acceptors (Lipinski definition) is 4. The summed E-state index contributed by atoms with van der Waals surface area (Å²) in [6.45, 7) is 0.335. The molecule has 1 fully saturated rings. The third kappa shape index (κ3) is 5.79. The predicted octanol–water partition coefficient (Wildman–Crippen LogP) is 4.76. The predicted molar refractivity (Wildman–Crippen MR) is 116 cm³/mol. The molecule has 4 rings (SSSR count). The van der Waals surface area contributed by atoms with E-state index >= 15 is 0 Å². The van der Waals surface area contributed by atoms with Gasteiger partial charge >= 0.3 is 12.1 Å². The van der Waals surface area contributed by atoms with Gasteiger partial charge in [-0.05, 0) is 42.5 Å². The Hall–Kier alpha value is -3.89. The van der Waals surface area contributed by atoms with Gasteiger partial charge in [-0.15, -0.1) is 0 Å². The summed E-state index contributed by atoms with van der Waals surface area (Å²) in [7, 11) is 0. The second kappa shape index (κ2) is 9.77. The van der Waals surface area contributed by atoms with Crippen molar-refractivity contribution in [1.82, 2.24) is 15.1 Å². The van der Waals surface area contributed by atoms with Gasteiger partial charge in [-0.3, -0.25) is 9.59 Å². The largest absolute Gasteiger partial charge is 0.481 e. The van der Waals surface area contributed by atoms with Crippen LogP contribution in [0.15, 0.2) is 54.6 Å². The van der Waals surface area contributed by atoms with Crippen LogP contribution in [0.4, 0.5) is 17.6 Å². The van der Waals surface area contributed by atoms with Crippen molar-refractivity contribution in [3.63, 3.8) is 0 Å². The number of hydrogen-bond donors (Lipinski definition) is 2. The number of benzene rings is 2. The number of carboxylic acids is 1. The lowest BCUT2D eigenvalue weighted by atomic mass is 9.97. The van der Waals surface area contributed by atoms with E-state index in [0.29, 0.717) is 12.5 Å². The molecule has 1 saturated carbocycles. The first-order chi connectivity index (χ1) is 16.6. The maximum Gasteiger partial charge on any atom is 0.416 e. The van der Waals surface area contributed by atoms with E-state index in [1.54, 1.807) is 6.07 Å². The maximum atomic E-state index is 14.4. The van der Waals surface area contributed by atoms with E-state index in [4.69, 9.17) is 4.74 Å². The van der Waals surface area contributed by atoms with Crippen LogP contribution in [-0.2, 0) is 11.0 Å². The number of carboxylic acid groups (broad SMARTS) is 1. The van der Waals surface area contributed by atoms with E-state index in [0.717, 1.165) is 29.7 Å². The number of amides is 1. The molecule has 1 heterocycles. The first kappa shape index (κ1) is 24.2. The normalized spacial score (nSPS) is 14.4. The number of rotatable bonds is 9. The fourth-order valence-corrected chi connectivity index (χ4v) is 3.57. The molecule has 1 aliphatic rings. The van der Waals surface area contributed by atoms with Gasteiger partial charge in [0.2, 0.25) is 5.88 Å². The molecule has 3 aromatic rings. The third-order valence-corrected chi connectivity index (χ3v) is 5.48. The van der Waals surface area contributed by atoms with E-state index in [-0.39, 0.29) is 17.3 Å². The highest BCUT2D eigenvalue weighted by Gasteiger charge is 2.36. The van der Waals surface area contributed by atoms with Crippen molar-refractivity contribution in [3.8, 4) is 11.6 Å². The maximum absolute atomic E-state index is 14.4. The Morgan fingerprint density at radius 2 is 1.83 bits per heavy atom. The molecule has 0 aliphatic heterocycles. The van der Waals surface area contributed by atoms with Gasteiger partial charge in [-0.1, -0.05) is 30.3 Å². The van der Waals surface area contributed by atoms with Crippen molar-refractivity contribution in [2.45, 2.75) is 31.5 Å². The summed E-state index contributed by atoms with van der Waals surface area (Å²) in [6.07, 6.45) is -3.58. The third-order valence-electron chi connectivity index (χ3n) is 5.48. The average molecular weight is 491 g/mol. The molecule has 1 aliphatic carbocycles. The van der Waals surface area contributed by atoms with Crippen LogP contribution in [0, 0.1) is 11.7 Å². The molecule has 1 amide bonds. The molecule has 1 atom stereocenters. The Morgan fingerprint density at radius 1 is 1.14 bits per heavy atom. The van der Waals surface area contributed by atoms with Crippen LogP contribution in [0.1, 0.15) is 46.9 Å². The van der Waals surface area contributed by atoms with Crippen molar-refractivity contribution in [2.75, 3.05) is 6.61 Å². The van der Waals surface area contributed by atoms with Gasteiger partial charge in [0.25, 0.3) is 5.91 Å². The smallest absolute Gasteiger partial charge is 0.416 e. The fourth-order valence-electron chi connectivity index (χ4n) is 3.57. The summed E-state index contributed by atoms with van der Waals surface area (Å²) in [5.74, 6) is -2.54. The molecule has 2 aromatic carbocycles. The lowest BCUT2D eigenvalue weighted by molar-refractivity contribution is -0.140. The summed E-state index contributed by atoms with van der Waals surface area (Å²) < 4.78 is 61.8. The van der Waals surface area contributed by atoms with Crippen LogP contribution in [-0.4, -0.2) is 33.4 Å². The molecular formula is C24H21F4N3O4. The van der Waals surface area contributed by atoms with Crippen molar-refractivity contribution >= 4 is 11.9 Å².